The third kappa shape index (κ3) is 4.50. The molecule has 1 aliphatic heterocycles. The highest BCUT2D eigenvalue weighted by Gasteiger charge is 2.21. The second kappa shape index (κ2) is 7.65. The monoisotopic (exact) mass is 295 g/mol. The van der Waals surface area contributed by atoms with E-state index in [1.807, 2.05) is 29.2 Å². The lowest BCUT2D eigenvalue weighted by atomic mass is 9.97. The number of carbonyl (C=O) groups excluding carboxylic acids is 1. The Hall–Kier alpha value is -1.06. The summed E-state index contributed by atoms with van der Waals surface area (Å²) in [5.41, 5.74) is 1.22. The van der Waals surface area contributed by atoms with Crippen molar-refractivity contribution < 1.29 is 9.90 Å². The summed E-state index contributed by atoms with van der Waals surface area (Å²) in [6, 6.07) is 7.80. The molecule has 0 spiro atoms. The van der Waals surface area contributed by atoms with Gasteiger partial charge in [0.15, 0.2) is 0 Å². The zero-order chi connectivity index (χ0) is 14.4. The molecule has 3 nitrogen and oxygen atoms in total. The first-order valence-electron chi connectivity index (χ1n) is 7.32. The Kier molecular flexibility index (Phi) is 5.86. The molecule has 0 atom stereocenters. The summed E-state index contributed by atoms with van der Waals surface area (Å²) >= 11 is 5.84. The third-order valence-corrected chi connectivity index (χ3v) is 4.25. The van der Waals surface area contributed by atoms with Gasteiger partial charge in [0.2, 0.25) is 5.91 Å². The number of halogens is 1. The standard InChI is InChI=1S/C16H22ClNO2/c17-15-6-4-13(5-7-15)2-1-3-16(20)18-10-8-14(12-19)9-11-18/h4-7,14,19H,1-3,8-12H2. The number of benzene rings is 1. The summed E-state index contributed by atoms with van der Waals surface area (Å²) in [7, 11) is 0. The molecule has 1 saturated heterocycles. The SMILES string of the molecule is O=C(CCCc1ccc(Cl)cc1)N1CCC(CO)CC1. The van der Waals surface area contributed by atoms with Gasteiger partial charge < -0.3 is 10.0 Å². The minimum absolute atomic E-state index is 0.246. The van der Waals surface area contributed by atoms with E-state index >= 15 is 0 Å². The molecule has 0 bridgehead atoms. The van der Waals surface area contributed by atoms with E-state index in [0.29, 0.717) is 12.3 Å². The molecule has 4 heteroatoms. The van der Waals surface area contributed by atoms with Crippen molar-refractivity contribution in [1.82, 2.24) is 4.90 Å². The lowest BCUT2D eigenvalue weighted by Crippen LogP contribution is -2.39. The number of piperidine rings is 1. The number of rotatable bonds is 5. The predicted octanol–water partition coefficient (Wildman–Crippen LogP) is 2.89. The maximum Gasteiger partial charge on any atom is 0.222 e. The van der Waals surface area contributed by atoms with Crippen molar-refractivity contribution in [2.45, 2.75) is 32.1 Å². The number of aryl methyl sites for hydroxylation is 1. The van der Waals surface area contributed by atoms with Gasteiger partial charge in [-0.25, -0.2) is 0 Å². The fraction of sp³-hybridized carbons (Fsp3) is 0.562. The fourth-order valence-electron chi connectivity index (χ4n) is 2.62. The van der Waals surface area contributed by atoms with Gasteiger partial charge >= 0.3 is 0 Å². The molecule has 0 saturated carbocycles. The Morgan fingerprint density at radius 1 is 1.25 bits per heavy atom. The zero-order valence-corrected chi connectivity index (χ0v) is 12.5. The Morgan fingerprint density at radius 2 is 1.90 bits per heavy atom. The Bertz CT molecular complexity index is 425. The van der Waals surface area contributed by atoms with Gasteiger partial charge in [-0.1, -0.05) is 23.7 Å². The second-order valence-electron chi connectivity index (χ2n) is 5.49. The van der Waals surface area contributed by atoms with Gasteiger partial charge in [-0.2, -0.15) is 0 Å². The average Bonchev–Trinajstić information content (AvgIpc) is 2.49. The van der Waals surface area contributed by atoms with Gasteiger partial charge in [-0.05, 0) is 49.3 Å². The first-order valence-corrected chi connectivity index (χ1v) is 7.70. The van der Waals surface area contributed by atoms with E-state index in [-0.39, 0.29) is 12.5 Å². The van der Waals surface area contributed by atoms with Crippen LogP contribution in [0.3, 0.4) is 0 Å². The van der Waals surface area contributed by atoms with E-state index < -0.39 is 0 Å². The van der Waals surface area contributed by atoms with Crippen LogP contribution in [0.5, 0.6) is 0 Å². The lowest BCUT2D eigenvalue weighted by Gasteiger charge is -2.31. The first-order chi connectivity index (χ1) is 9.69. The van der Waals surface area contributed by atoms with Crippen molar-refractivity contribution in [3.8, 4) is 0 Å². The number of hydrogen-bond donors (Lipinski definition) is 1. The molecule has 1 fully saturated rings. The predicted molar refractivity (Wildman–Crippen MR) is 80.8 cm³/mol. The molecule has 1 aromatic carbocycles. The second-order valence-corrected chi connectivity index (χ2v) is 5.92. The normalized spacial score (nSPS) is 16.4. The molecular formula is C16H22ClNO2. The molecule has 20 heavy (non-hydrogen) atoms. The minimum atomic E-state index is 0.246. The first kappa shape index (κ1) is 15.3. The van der Waals surface area contributed by atoms with E-state index in [1.165, 1.54) is 5.56 Å². The topological polar surface area (TPSA) is 40.5 Å². The fourth-order valence-corrected chi connectivity index (χ4v) is 2.74. The molecule has 1 amide bonds. The van der Waals surface area contributed by atoms with Crippen LogP contribution in [-0.4, -0.2) is 35.6 Å². The van der Waals surface area contributed by atoms with E-state index in [1.54, 1.807) is 0 Å². The van der Waals surface area contributed by atoms with Crippen LogP contribution in [0.15, 0.2) is 24.3 Å². The van der Waals surface area contributed by atoms with E-state index in [9.17, 15) is 4.79 Å². The molecule has 0 radical (unpaired) electrons. The van der Waals surface area contributed by atoms with E-state index in [0.717, 1.165) is 43.8 Å². The highest BCUT2D eigenvalue weighted by Crippen LogP contribution is 2.18. The van der Waals surface area contributed by atoms with Crippen molar-refractivity contribution in [1.29, 1.82) is 0 Å². The van der Waals surface area contributed by atoms with Crippen molar-refractivity contribution >= 4 is 17.5 Å². The van der Waals surface area contributed by atoms with Crippen LogP contribution in [0, 0.1) is 5.92 Å². The van der Waals surface area contributed by atoms with Crippen molar-refractivity contribution in [3.63, 3.8) is 0 Å². The van der Waals surface area contributed by atoms with Gasteiger partial charge in [-0.3, -0.25) is 4.79 Å². The molecule has 110 valence electrons. The molecule has 2 rings (SSSR count). The number of aliphatic hydroxyl groups is 1. The lowest BCUT2D eigenvalue weighted by molar-refractivity contribution is -0.132. The maximum atomic E-state index is 12.1. The van der Waals surface area contributed by atoms with Crippen LogP contribution in [0.4, 0.5) is 0 Å². The summed E-state index contributed by atoms with van der Waals surface area (Å²) in [6.45, 7) is 1.84. The molecule has 1 aromatic rings. The van der Waals surface area contributed by atoms with E-state index in [2.05, 4.69) is 0 Å². The number of nitrogens with zero attached hydrogens (tertiary/aromatic N) is 1. The van der Waals surface area contributed by atoms with Gasteiger partial charge in [0.1, 0.15) is 0 Å². The molecule has 0 unspecified atom stereocenters. The van der Waals surface area contributed by atoms with Crippen molar-refractivity contribution in [3.05, 3.63) is 34.9 Å². The zero-order valence-electron chi connectivity index (χ0n) is 11.7. The Morgan fingerprint density at radius 3 is 2.50 bits per heavy atom. The molecule has 1 N–H and O–H groups in total. The van der Waals surface area contributed by atoms with Crippen LogP contribution >= 0.6 is 11.6 Å². The maximum absolute atomic E-state index is 12.1. The van der Waals surface area contributed by atoms with E-state index in [4.69, 9.17) is 16.7 Å². The number of likely N-dealkylation sites (tertiary alicyclic amines) is 1. The van der Waals surface area contributed by atoms with Crippen molar-refractivity contribution in [2.75, 3.05) is 19.7 Å². The van der Waals surface area contributed by atoms with Crippen LogP contribution in [-0.2, 0) is 11.2 Å². The molecule has 0 aromatic heterocycles. The van der Waals surface area contributed by atoms with Gasteiger partial charge in [0, 0.05) is 31.1 Å². The highest BCUT2D eigenvalue weighted by atomic mass is 35.5. The number of hydrogen-bond acceptors (Lipinski definition) is 2. The van der Waals surface area contributed by atoms with Crippen LogP contribution in [0.25, 0.3) is 0 Å². The van der Waals surface area contributed by atoms with Gasteiger partial charge in [-0.15, -0.1) is 0 Å². The summed E-state index contributed by atoms with van der Waals surface area (Å²) in [6.07, 6.45) is 4.25. The Balaban J connectivity index is 1.69. The summed E-state index contributed by atoms with van der Waals surface area (Å²) in [5, 5.41) is 9.84. The number of carbonyl (C=O) groups is 1. The smallest absolute Gasteiger partial charge is 0.222 e. The minimum Gasteiger partial charge on any atom is -0.396 e. The molecule has 0 aliphatic carbocycles. The summed E-state index contributed by atoms with van der Waals surface area (Å²) in [4.78, 5) is 14.0. The van der Waals surface area contributed by atoms with Crippen LogP contribution in [0.1, 0.15) is 31.2 Å². The molecule has 1 heterocycles. The number of aliphatic hydroxyl groups excluding tert-OH is 1. The average molecular weight is 296 g/mol. The summed E-state index contributed by atoms with van der Waals surface area (Å²) < 4.78 is 0. The molecular weight excluding hydrogens is 274 g/mol. The summed E-state index contributed by atoms with van der Waals surface area (Å²) in [5.74, 6) is 0.628. The van der Waals surface area contributed by atoms with Crippen molar-refractivity contribution in [2.24, 2.45) is 5.92 Å². The molecule has 1 aliphatic rings. The largest absolute Gasteiger partial charge is 0.396 e. The number of amides is 1. The van der Waals surface area contributed by atoms with Gasteiger partial charge in [0.05, 0.1) is 0 Å². The Labute approximate surface area is 125 Å². The van der Waals surface area contributed by atoms with Crippen LogP contribution in [0.2, 0.25) is 5.02 Å². The highest BCUT2D eigenvalue weighted by molar-refractivity contribution is 6.30. The van der Waals surface area contributed by atoms with Gasteiger partial charge in [0.25, 0.3) is 0 Å². The third-order valence-electron chi connectivity index (χ3n) is 3.99. The quantitative estimate of drug-likeness (QED) is 0.907. The van der Waals surface area contributed by atoms with Crippen LogP contribution < -0.4 is 0 Å².